The molecule has 8 heteroatoms. The van der Waals surface area contributed by atoms with Crippen LogP contribution in [0.2, 0.25) is 5.02 Å². The number of anilines is 5. The number of nitrogen functional groups attached to an aromatic ring is 1. The molecule has 1 aromatic heterocycles. The second kappa shape index (κ2) is 7.88. The molecule has 0 unspecified atom stereocenters. The summed E-state index contributed by atoms with van der Waals surface area (Å²) in [7, 11) is 0. The number of nitrogens with one attached hydrogen (secondary N) is 2. The number of aromatic nitrogens is 2. The number of halogens is 2. The summed E-state index contributed by atoms with van der Waals surface area (Å²) in [5.74, 6) is 1.12. The molecule has 0 aliphatic carbocycles. The third-order valence-corrected chi connectivity index (χ3v) is 3.78. The van der Waals surface area contributed by atoms with Crippen LogP contribution < -0.4 is 21.1 Å². The van der Waals surface area contributed by atoms with E-state index in [0.29, 0.717) is 29.6 Å². The second-order valence-electron chi connectivity index (χ2n) is 5.32. The standard InChI is InChI=1S/C18H17ClFN5O/c1-2-26-13-6-3-11(4-7-13)24-17-16(21)18(23-10-22-17)25-12-5-8-15(20)14(19)9-12/h3-10H,2,21H2,1H3,(H2,22,23,24,25). The third kappa shape index (κ3) is 4.12. The molecule has 0 amide bonds. The first-order chi connectivity index (χ1) is 12.6. The molecule has 3 rings (SSSR count). The lowest BCUT2D eigenvalue weighted by Gasteiger charge is -2.13. The van der Waals surface area contributed by atoms with Gasteiger partial charge in [-0.25, -0.2) is 14.4 Å². The lowest BCUT2D eigenvalue weighted by Crippen LogP contribution is -2.05. The van der Waals surface area contributed by atoms with Crippen LogP contribution in [-0.4, -0.2) is 16.6 Å². The van der Waals surface area contributed by atoms with Crippen LogP contribution in [0, 0.1) is 5.82 Å². The van der Waals surface area contributed by atoms with Gasteiger partial charge in [0.2, 0.25) is 0 Å². The summed E-state index contributed by atoms with van der Waals surface area (Å²) in [6.45, 7) is 2.53. The number of rotatable bonds is 6. The highest BCUT2D eigenvalue weighted by Gasteiger charge is 2.10. The monoisotopic (exact) mass is 373 g/mol. The fourth-order valence-electron chi connectivity index (χ4n) is 2.24. The van der Waals surface area contributed by atoms with Gasteiger partial charge < -0.3 is 21.1 Å². The molecule has 0 saturated carbocycles. The summed E-state index contributed by atoms with van der Waals surface area (Å²) < 4.78 is 18.7. The summed E-state index contributed by atoms with van der Waals surface area (Å²) in [6.07, 6.45) is 1.38. The Morgan fingerprint density at radius 1 is 1.04 bits per heavy atom. The number of hydrogen-bond acceptors (Lipinski definition) is 6. The Bertz CT molecular complexity index is 905. The van der Waals surface area contributed by atoms with Gasteiger partial charge in [-0.05, 0) is 49.4 Å². The maximum absolute atomic E-state index is 13.3. The van der Waals surface area contributed by atoms with Crippen molar-refractivity contribution < 1.29 is 9.13 Å². The highest BCUT2D eigenvalue weighted by atomic mass is 35.5. The molecule has 0 aliphatic rings. The van der Waals surface area contributed by atoms with Crippen molar-refractivity contribution in [1.29, 1.82) is 0 Å². The van der Waals surface area contributed by atoms with Crippen molar-refractivity contribution in [3.8, 4) is 5.75 Å². The van der Waals surface area contributed by atoms with Crippen LogP contribution in [0.1, 0.15) is 6.92 Å². The molecule has 0 fully saturated rings. The normalized spacial score (nSPS) is 10.4. The first-order valence-electron chi connectivity index (χ1n) is 7.89. The van der Waals surface area contributed by atoms with Crippen molar-refractivity contribution in [2.75, 3.05) is 23.0 Å². The average Bonchev–Trinajstić information content (AvgIpc) is 2.63. The SMILES string of the molecule is CCOc1ccc(Nc2ncnc(Nc3ccc(F)c(Cl)c3)c2N)cc1. The molecule has 2 aromatic carbocycles. The van der Waals surface area contributed by atoms with Gasteiger partial charge in [0, 0.05) is 11.4 Å². The molecule has 1 heterocycles. The Morgan fingerprint density at radius 3 is 2.27 bits per heavy atom. The molecule has 26 heavy (non-hydrogen) atoms. The van der Waals surface area contributed by atoms with Gasteiger partial charge in [0.05, 0.1) is 11.6 Å². The van der Waals surface area contributed by atoms with E-state index < -0.39 is 5.82 Å². The van der Waals surface area contributed by atoms with Gasteiger partial charge in [-0.1, -0.05) is 11.6 Å². The number of nitrogens with zero attached hydrogens (tertiary/aromatic N) is 2. The number of nitrogens with two attached hydrogens (primary N) is 1. The van der Waals surface area contributed by atoms with E-state index in [1.165, 1.54) is 18.5 Å². The lowest BCUT2D eigenvalue weighted by atomic mass is 10.3. The van der Waals surface area contributed by atoms with Crippen molar-refractivity contribution in [2.24, 2.45) is 0 Å². The van der Waals surface area contributed by atoms with Crippen LogP contribution in [0.3, 0.4) is 0 Å². The van der Waals surface area contributed by atoms with Crippen molar-refractivity contribution in [1.82, 2.24) is 9.97 Å². The molecule has 0 spiro atoms. The number of benzene rings is 2. The zero-order valence-electron chi connectivity index (χ0n) is 14.0. The van der Waals surface area contributed by atoms with E-state index in [1.807, 2.05) is 31.2 Å². The van der Waals surface area contributed by atoms with Crippen molar-refractivity contribution in [2.45, 2.75) is 6.92 Å². The van der Waals surface area contributed by atoms with Crippen molar-refractivity contribution >= 4 is 40.3 Å². The maximum Gasteiger partial charge on any atom is 0.159 e. The van der Waals surface area contributed by atoms with Crippen LogP contribution in [0.5, 0.6) is 5.75 Å². The van der Waals surface area contributed by atoms with E-state index in [2.05, 4.69) is 20.6 Å². The van der Waals surface area contributed by atoms with E-state index in [0.717, 1.165) is 11.4 Å². The number of ether oxygens (including phenoxy) is 1. The molecule has 0 aliphatic heterocycles. The summed E-state index contributed by atoms with van der Waals surface area (Å²) in [5.41, 5.74) is 7.83. The predicted octanol–water partition coefficient (Wildman–Crippen LogP) is 4.74. The van der Waals surface area contributed by atoms with Gasteiger partial charge in [-0.3, -0.25) is 0 Å². The molecule has 6 nitrogen and oxygen atoms in total. The van der Waals surface area contributed by atoms with Gasteiger partial charge >= 0.3 is 0 Å². The fourth-order valence-corrected chi connectivity index (χ4v) is 2.42. The lowest BCUT2D eigenvalue weighted by molar-refractivity contribution is 0.340. The van der Waals surface area contributed by atoms with Crippen molar-refractivity contribution in [3.05, 3.63) is 59.6 Å². The first kappa shape index (κ1) is 17.8. The molecule has 0 bridgehead atoms. The molecule has 0 saturated heterocycles. The molecule has 3 aromatic rings. The molecule has 134 valence electrons. The zero-order chi connectivity index (χ0) is 18.5. The van der Waals surface area contributed by atoms with E-state index in [-0.39, 0.29) is 5.02 Å². The van der Waals surface area contributed by atoms with E-state index in [9.17, 15) is 4.39 Å². The van der Waals surface area contributed by atoms with Crippen molar-refractivity contribution in [3.63, 3.8) is 0 Å². The Kier molecular flexibility index (Phi) is 5.38. The minimum atomic E-state index is -0.495. The Hall–Kier alpha value is -3.06. The average molecular weight is 374 g/mol. The van der Waals surface area contributed by atoms with Gasteiger partial charge in [0.25, 0.3) is 0 Å². The quantitative estimate of drug-likeness (QED) is 0.578. The Balaban J connectivity index is 1.79. The van der Waals surface area contributed by atoms with Crippen LogP contribution in [0.4, 0.5) is 33.1 Å². The van der Waals surface area contributed by atoms with Gasteiger partial charge in [0.15, 0.2) is 11.6 Å². The summed E-state index contributed by atoms with van der Waals surface area (Å²) in [4.78, 5) is 8.28. The van der Waals surface area contributed by atoms with Crippen LogP contribution >= 0.6 is 11.6 Å². The molecule has 0 radical (unpaired) electrons. The Morgan fingerprint density at radius 2 is 1.65 bits per heavy atom. The van der Waals surface area contributed by atoms with E-state index >= 15 is 0 Å². The summed E-state index contributed by atoms with van der Waals surface area (Å²) in [6, 6.07) is 11.7. The Labute approximate surface area is 155 Å². The molecular formula is C18H17ClFN5O. The fraction of sp³-hybridized carbons (Fsp3) is 0.111. The molecular weight excluding hydrogens is 357 g/mol. The first-order valence-corrected chi connectivity index (χ1v) is 8.27. The van der Waals surface area contributed by atoms with E-state index in [1.54, 1.807) is 6.07 Å². The predicted molar refractivity (Wildman–Crippen MR) is 102 cm³/mol. The van der Waals surface area contributed by atoms with Gasteiger partial charge in [-0.15, -0.1) is 0 Å². The topological polar surface area (TPSA) is 85.1 Å². The smallest absolute Gasteiger partial charge is 0.159 e. The molecule has 0 atom stereocenters. The minimum Gasteiger partial charge on any atom is -0.494 e. The van der Waals surface area contributed by atoms with Crippen LogP contribution in [0.25, 0.3) is 0 Å². The second-order valence-corrected chi connectivity index (χ2v) is 5.73. The van der Waals surface area contributed by atoms with Gasteiger partial charge in [0.1, 0.15) is 23.6 Å². The van der Waals surface area contributed by atoms with Gasteiger partial charge in [-0.2, -0.15) is 0 Å². The maximum atomic E-state index is 13.3. The molecule has 4 N–H and O–H groups in total. The van der Waals surface area contributed by atoms with E-state index in [4.69, 9.17) is 22.1 Å². The summed E-state index contributed by atoms with van der Waals surface area (Å²) in [5, 5.41) is 6.15. The summed E-state index contributed by atoms with van der Waals surface area (Å²) >= 11 is 5.79. The highest BCUT2D eigenvalue weighted by Crippen LogP contribution is 2.29. The zero-order valence-corrected chi connectivity index (χ0v) is 14.7. The minimum absolute atomic E-state index is 0.00960. The third-order valence-electron chi connectivity index (χ3n) is 3.49. The highest BCUT2D eigenvalue weighted by molar-refractivity contribution is 6.31. The number of hydrogen-bond donors (Lipinski definition) is 3. The largest absolute Gasteiger partial charge is 0.494 e. The van der Waals surface area contributed by atoms with Crippen LogP contribution in [0.15, 0.2) is 48.8 Å². The van der Waals surface area contributed by atoms with Crippen LogP contribution in [-0.2, 0) is 0 Å².